The van der Waals surface area contributed by atoms with E-state index < -0.39 is 5.97 Å². The second kappa shape index (κ2) is 6.61. The van der Waals surface area contributed by atoms with Crippen LogP contribution in [0.4, 0.5) is 5.69 Å². The van der Waals surface area contributed by atoms with Gasteiger partial charge in [0.15, 0.2) is 0 Å². The molecular formula is C15H17NO3S. The van der Waals surface area contributed by atoms with E-state index in [1.807, 2.05) is 19.1 Å². The fourth-order valence-electron chi connectivity index (χ4n) is 2.04. The van der Waals surface area contributed by atoms with Gasteiger partial charge in [0, 0.05) is 11.8 Å². The van der Waals surface area contributed by atoms with Crippen LogP contribution in [0.3, 0.4) is 0 Å². The van der Waals surface area contributed by atoms with Gasteiger partial charge >= 0.3 is 5.97 Å². The van der Waals surface area contributed by atoms with Crippen molar-refractivity contribution >= 4 is 35.4 Å². The smallest absolute Gasteiger partial charge is 0.328 e. The predicted molar refractivity (Wildman–Crippen MR) is 82.0 cm³/mol. The van der Waals surface area contributed by atoms with Crippen LogP contribution >= 0.6 is 11.8 Å². The summed E-state index contributed by atoms with van der Waals surface area (Å²) in [7, 11) is 0. The normalized spacial score (nSPS) is 18.4. The van der Waals surface area contributed by atoms with Crippen LogP contribution in [0.25, 0.3) is 6.08 Å². The maximum absolute atomic E-state index is 12.1. The van der Waals surface area contributed by atoms with E-state index in [1.54, 1.807) is 17.8 Å². The van der Waals surface area contributed by atoms with Crippen molar-refractivity contribution in [3.63, 3.8) is 0 Å². The number of benzene rings is 1. The lowest BCUT2D eigenvalue weighted by Gasteiger charge is -2.12. The molecule has 0 radical (unpaired) electrons. The summed E-state index contributed by atoms with van der Waals surface area (Å²) in [6.07, 6.45) is 4.61. The summed E-state index contributed by atoms with van der Waals surface area (Å²) in [5.74, 6) is 0.0897. The standard InChI is InChI=1S/C15H17NO3S/c1-10-4-5-11(6-7-14(17)18)9-12(10)16-15(19)13-3-2-8-20-13/h4-7,9,13H,2-3,8H2,1H3,(H,16,19)(H,17,18). The minimum absolute atomic E-state index is 0.0348. The van der Waals surface area contributed by atoms with E-state index in [-0.39, 0.29) is 11.2 Å². The lowest BCUT2D eigenvalue weighted by atomic mass is 10.1. The maximum atomic E-state index is 12.1. The third kappa shape index (κ3) is 3.87. The SMILES string of the molecule is Cc1ccc(C=CC(=O)O)cc1NC(=O)C1CCCS1. The van der Waals surface area contributed by atoms with Crippen molar-refractivity contribution in [1.82, 2.24) is 0 Å². The van der Waals surface area contributed by atoms with Crippen molar-refractivity contribution in [2.24, 2.45) is 0 Å². The number of amides is 1. The van der Waals surface area contributed by atoms with Crippen molar-refractivity contribution in [2.45, 2.75) is 25.0 Å². The summed E-state index contributed by atoms with van der Waals surface area (Å²) in [6, 6.07) is 5.50. The molecule has 0 aliphatic carbocycles. The molecule has 0 spiro atoms. The van der Waals surface area contributed by atoms with Crippen molar-refractivity contribution in [3.8, 4) is 0 Å². The largest absolute Gasteiger partial charge is 0.478 e. The molecule has 5 heteroatoms. The third-order valence-corrected chi connectivity index (χ3v) is 4.54. The van der Waals surface area contributed by atoms with E-state index in [0.29, 0.717) is 0 Å². The highest BCUT2D eigenvalue weighted by Crippen LogP contribution is 2.28. The molecule has 1 aliphatic rings. The first-order valence-corrected chi connectivity index (χ1v) is 7.55. The number of carboxylic acids is 1. The number of anilines is 1. The molecule has 1 aliphatic heterocycles. The fraction of sp³-hybridized carbons (Fsp3) is 0.333. The molecule has 2 N–H and O–H groups in total. The summed E-state index contributed by atoms with van der Waals surface area (Å²) in [4.78, 5) is 22.6. The molecule has 1 saturated heterocycles. The van der Waals surface area contributed by atoms with Crippen LogP contribution < -0.4 is 5.32 Å². The molecule has 1 heterocycles. The second-order valence-corrected chi connectivity index (χ2v) is 6.05. The number of hydrogen-bond donors (Lipinski definition) is 2. The van der Waals surface area contributed by atoms with Crippen LogP contribution in [0, 0.1) is 6.92 Å². The van der Waals surface area contributed by atoms with E-state index >= 15 is 0 Å². The summed E-state index contributed by atoms with van der Waals surface area (Å²) >= 11 is 1.69. The Morgan fingerprint density at radius 2 is 2.25 bits per heavy atom. The van der Waals surface area contributed by atoms with Gasteiger partial charge in [-0.1, -0.05) is 12.1 Å². The van der Waals surface area contributed by atoms with Gasteiger partial charge in [-0.3, -0.25) is 4.79 Å². The summed E-state index contributed by atoms with van der Waals surface area (Å²) in [5, 5.41) is 11.6. The zero-order valence-electron chi connectivity index (χ0n) is 11.3. The number of rotatable bonds is 4. The number of hydrogen-bond acceptors (Lipinski definition) is 3. The molecule has 106 valence electrons. The first kappa shape index (κ1) is 14.7. The number of carbonyl (C=O) groups is 2. The average Bonchev–Trinajstić information content (AvgIpc) is 2.93. The summed E-state index contributed by atoms with van der Waals surface area (Å²) < 4.78 is 0. The Balaban J connectivity index is 2.11. The zero-order chi connectivity index (χ0) is 14.5. The topological polar surface area (TPSA) is 66.4 Å². The summed E-state index contributed by atoms with van der Waals surface area (Å²) in [5.41, 5.74) is 2.47. The Labute approximate surface area is 122 Å². The average molecular weight is 291 g/mol. The molecule has 1 aromatic rings. The first-order chi connectivity index (χ1) is 9.56. The number of carbonyl (C=O) groups excluding carboxylic acids is 1. The van der Waals surface area contributed by atoms with Crippen molar-refractivity contribution in [2.75, 3.05) is 11.1 Å². The number of carboxylic acid groups (broad SMARTS) is 1. The molecule has 0 bridgehead atoms. The van der Waals surface area contributed by atoms with Gasteiger partial charge in [-0.2, -0.15) is 0 Å². The number of thioether (sulfide) groups is 1. The monoisotopic (exact) mass is 291 g/mol. The van der Waals surface area contributed by atoms with Crippen LogP contribution in [0.2, 0.25) is 0 Å². The van der Waals surface area contributed by atoms with E-state index in [4.69, 9.17) is 5.11 Å². The lowest BCUT2D eigenvalue weighted by Crippen LogP contribution is -2.23. The number of aryl methyl sites for hydroxylation is 1. The van der Waals surface area contributed by atoms with Crippen molar-refractivity contribution < 1.29 is 14.7 Å². The molecule has 0 aromatic heterocycles. The van der Waals surface area contributed by atoms with Crippen LogP contribution in [-0.4, -0.2) is 28.0 Å². The Hall–Kier alpha value is -1.75. The Kier molecular flexibility index (Phi) is 4.84. The number of nitrogens with one attached hydrogen (secondary N) is 1. The van der Waals surface area contributed by atoms with Crippen LogP contribution in [-0.2, 0) is 9.59 Å². The van der Waals surface area contributed by atoms with Gasteiger partial charge in [0.2, 0.25) is 5.91 Å². The van der Waals surface area contributed by atoms with Crippen LogP contribution in [0.5, 0.6) is 0 Å². The highest BCUT2D eigenvalue weighted by molar-refractivity contribution is 8.00. The van der Waals surface area contributed by atoms with E-state index in [9.17, 15) is 9.59 Å². The second-order valence-electron chi connectivity index (χ2n) is 4.74. The number of aliphatic carboxylic acids is 1. The summed E-state index contributed by atoms with van der Waals surface area (Å²) in [6.45, 7) is 1.92. The first-order valence-electron chi connectivity index (χ1n) is 6.50. The highest BCUT2D eigenvalue weighted by Gasteiger charge is 2.23. The van der Waals surface area contributed by atoms with Gasteiger partial charge < -0.3 is 10.4 Å². The maximum Gasteiger partial charge on any atom is 0.328 e. The molecule has 1 unspecified atom stereocenters. The molecular weight excluding hydrogens is 274 g/mol. The quantitative estimate of drug-likeness (QED) is 0.837. The van der Waals surface area contributed by atoms with Crippen LogP contribution in [0.15, 0.2) is 24.3 Å². The van der Waals surface area contributed by atoms with Crippen molar-refractivity contribution in [3.05, 3.63) is 35.4 Å². The lowest BCUT2D eigenvalue weighted by molar-refractivity contribution is -0.131. The van der Waals surface area contributed by atoms with Gasteiger partial charge in [-0.15, -0.1) is 11.8 Å². The highest BCUT2D eigenvalue weighted by atomic mass is 32.2. The molecule has 0 saturated carbocycles. The van der Waals surface area contributed by atoms with Gasteiger partial charge in [0.1, 0.15) is 0 Å². The van der Waals surface area contributed by atoms with Gasteiger partial charge in [-0.25, -0.2) is 4.79 Å². The van der Waals surface area contributed by atoms with E-state index in [1.165, 1.54) is 6.08 Å². The third-order valence-electron chi connectivity index (χ3n) is 3.16. The predicted octanol–water partition coefficient (Wildman–Crippen LogP) is 2.93. The molecule has 1 aromatic carbocycles. The molecule has 1 amide bonds. The Morgan fingerprint density at radius 3 is 2.90 bits per heavy atom. The molecule has 1 atom stereocenters. The fourth-order valence-corrected chi connectivity index (χ4v) is 3.20. The van der Waals surface area contributed by atoms with Gasteiger partial charge in [-0.05, 0) is 48.8 Å². The molecule has 4 nitrogen and oxygen atoms in total. The molecule has 1 fully saturated rings. The molecule has 2 rings (SSSR count). The van der Waals surface area contributed by atoms with Crippen molar-refractivity contribution in [1.29, 1.82) is 0 Å². The zero-order valence-corrected chi connectivity index (χ0v) is 12.1. The minimum atomic E-state index is -0.987. The Bertz CT molecular complexity index is 548. The van der Waals surface area contributed by atoms with E-state index in [0.717, 1.165) is 41.5 Å². The Morgan fingerprint density at radius 1 is 1.45 bits per heavy atom. The van der Waals surface area contributed by atoms with E-state index in [2.05, 4.69) is 5.32 Å². The minimum Gasteiger partial charge on any atom is -0.478 e. The van der Waals surface area contributed by atoms with Gasteiger partial charge in [0.25, 0.3) is 0 Å². The molecule has 20 heavy (non-hydrogen) atoms. The van der Waals surface area contributed by atoms with Crippen LogP contribution in [0.1, 0.15) is 24.0 Å². The van der Waals surface area contributed by atoms with Gasteiger partial charge in [0.05, 0.1) is 5.25 Å².